The highest BCUT2D eigenvalue weighted by Gasteiger charge is 1.95. The molecule has 0 unspecified atom stereocenters. The SMILES string of the molecule is C=CC=NCc1ccccc1O. The number of hydrogen-bond donors (Lipinski definition) is 1. The van der Waals surface area contributed by atoms with Gasteiger partial charge in [0.2, 0.25) is 0 Å². The summed E-state index contributed by atoms with van der Waals surface area (Å²) in [4.78, 5) is 4.02. The average molecular weight is 161 g/mol. The fourth-order valence-electron chi connectivity index (χ4n) is 0.870. The lowest BCUT2D eigenvalue weighted by Crippen LogP contribution is -1.81. The van der Waals surface area contributed by atoms with Crippen molar-refractivity contribution in [1.29, 1.82) is 0 Å². The minimum Gasteiger partial charge on any atom is -0.508 e. The first-order valence-electron chi connectivity index (χ1n) is 3.72. The van der Waals surface area contributed by atoms with Crippen LogP contribution < -0.4 is 0 Å². The summed E-state index contributed by atoms with van der Waals surface area (Å²) in [5.41, 5.74) is 0.829. The van der Waals surface area contributed by atoms with Crippen molar-refractivity contribution >= 4 is 6.21 Å². The Bertz CT molecular complexity index is 292. The maximum Gasteiger partial charge on any atom is 0.120 e. The summed E-state index contributed by atoms with van der Waals surface area (Å²) in [6.45, 7) is 4.00. The fraction of sp³-hybridized carbons (Fsp3) is 0.100. The Labute approximate surface area is 71.9 Å². The van der Waals surface area contributed by atoms with E-state index < -0.39 is 0 Å². The predicted octanol–water partition coefficient (Wildman–Crippen LogP) is 2.15. The smallest absolute Gasteiger partial charge is 0.120 e. The summed E-state index contributed by atoms with van der Waals surface area (Å²) in [7, 11) is 0. The van der Waals surface area contributed by atoms with Crippen molar-refractivity contribution in [2.24, 2.45) is 4.99 Å². The summed E-state index contributed by atoms with van der Waals surface area (Å²) in [5.74, 6) is 0.290. The monoisotopic (exact) mass is 161 g/mol. The van der Waals surface area contributed by atoms with Crippen LogP contribution >= 0.6 is 0 Å². The van der Waals surface area contributed by atoms with Crippen molar-refractivity contribution in [2.45, 2.75) is 6.54 Å². The molecule has 62 valence electrons. The molecule has 1 N–H and O–H groups in total. The number of hydrogen-bond acceptors (Lipinski definition) is 2. The average Bonchev–Trinajstić information content (AvgIpc) is 2.09. The summed E-state index contributed by atoms with van der Waals surface area (Å²) >= 11 is 0. The molecule has 1 aromatic rings. The fourth-order valence-corrected chi connectivity index (χ4v) is 0.870. The number of nitrogens with zero attached hydrogens (tertiary/aromatic N) is 1. The Kier molecular flexibility index (Phi) is 3.08. The van der Waals surface area contributed by atoms with E-state index in [0.29, 0.717) is 12.3 Å². The second kappa shape index (κ2) is 4.34. The third-order valence-electron chi connectivity index (χ3n) is 1.46. The Hall–Kier alpha value is -1.57. The van der Waals surface area contributed by atoms with Gasteiger partial charge >= 0.3 is 0 Å². The number of aliphatic imine (C=N–C) groups is 1. The summed E-state index contributed by atoms with van der Waals surface area (Å²) in [6, 6.07) is 7.16. The number of rotatable bonds is 3. The number of allylic oxidation sites excluding steroid dienone is 1. The molecule has 12 heavy (non-hydrogen) atoms. The van der Waals surface area contributed by atoms with Crippen molar-refractivity contribution in [3.63, 3.8) is 0 Å². The van der Waals surface area contributed by atoms with Crippen LogP contribution in [0.4, 0.5) is 0 Å². The summed E-state index contributed by atoms with van der Waals surface area (Å²) in [6.07, 6.45) is 3.23. The molecule has 0 aliphatic heterocycles. The predicted molar refractivity (Wildman–Crippen MR) is 50.5 cm³/mol. The minimum absolute atomic E-state index is 0.290. The third-order valence-corrected chi connectivity index (χ3v) is 1.46. The highest BCUT2D eigenvalue weighted by molar-refractivity contribution is 5.70. The lowest BCUT2D eigenvalue weighted by atomic mass is 10.2. The summed E-state index contributed by atoms with van der Waals surface area (Å²) in [5, 5.41) is 9.31. The van der Waals surface area contributed by atoms with E-state index >= 15 is 0 Å². The van der Waals surface area contributed by atoms with Gasteiger partial charge in [-0.25, -0.2) is 0 Å². The molecular formula is C10H11NO. The third kappa shape index (κ3) is 2.23. The van der Waals surface area contributed by atoms with Crippen LogP contribution in [0.1, 0.15) is 5.56 Å². The molecule has 1 rings (SSSR count). The van der Waals surface area contributed by atoms with Gasteiger partial charge in [0, 0.05) is 11.8 Å². The molecule has 2 heteroatoms. The first kappa shape index (κ1) is 8.53. The van der Waals surface area contributed by atoms with Gasteiger partial charge < -0.3 is 5.11 Å². The molecule has 0 aliphatic rings. The number of para-hydroxylation sites is 1. The number of phenols is 1. The quantitative estimate of drug-likeness (QED) is 0.677. The van der Waals surface area contributed by atoms with Crippen molar-refractivity contribution in [3.8, 4) is 5.75 Å². The molecular weight excluding hydrogens is 150 g/mol. The van der Waals surface area contributed by atoms with Gasteiger partial charge in [-0.2, -0.15) is 0 Å². The number of aromatic hydroxyl groups is 1. The molecule has 0 radical (unpaired) electrons. The molecule has 0 aliphatic carbocycles. The van der Waals surface area contributed by atoms with E-state index in [9.17, 15) is 5.11 Å². The molecule has 0 amide bonds. The molecule has 0 atom stereocenters. The zero-order chi connectivity index (χ0) is 8.81. The van der Waals surface area contributed by atoms with E-state index in [2.05, 4.69) is 11.6 Å². The van der Waals surface area contributed by atoms with E-state index in [1.165, 1.54) is 0 Å². The largest absolute Gasteiger partial charge is 0.508 e. The minimum atomic E-state index is 0.290. The van der Waals surface area contributed by atoms with Crippen LogP contribution in [0.3, 0.4) is 0 Å². The maximum absolute atomic E-state index is 9.31. The normalized spacial score (nSPS) is 10.3. The van der Waals surface area contributed by atoms with Gasteiger partial charge in [0.15, 0.2) is 0 Å². The Morgan fingerprint density at radius 1 is 1.42 bits per heavy atom. The summed E-state index contributed by atoms with van der Waals surface area (Å²) < 4.78 is 0. The Morgan fingerprint density at radius 3 is 2.83 bits per heavy atom. The number of phenolic OH excluding ortho intramolecular Hbond substituents is 1. The molecule has 0 saturated heterocycles. The van der Waals surface area contributed by atoms with E-state index in [1.807, 2.05) is 12.1 Å². The van der Waals surface area contributed by atoms with Crippen molar-refractivity contribution in [2.75, 3.05) is 0 Å². The van der Waals surface area contributed by atoms with E-state index in [-0.39, 0.29) is 0 Å². The van der Waals surface area contributed by atoms with E-state index in [0.717, 1.165) is 5.56 Å². The molecule has 0 fully saturated rings. The van der Waals surface area contributed by atoms with Crippen LogP contribution in [-0.2, 0) is 6.54 Å². The zero-order valence-corrected chi connectivity index (χ0v) is 6.77. The molecule has 2 nitrogen and oxygen atoms in total. The van der Waals surface area contributed by atoms with Crippen LogP contribution in [0.5, 0.6) is 5.75 Å². The van der Waals surface area contributed by atoms with Crippen LogP contribution in [0.15, 0.2) is 41.9 Å². The van der Waals surface area contributed by atoms with Gasteiger partial charge in [-0.05, 0) is 6.07 Å². The molecule has 0 saturated carbocycles. The van der Waals surface area contributed by atoms with E-state index in [1.54, 1.807) is 24.4 Å². The van der Waals surface area contributed by atoms with Crippen LogP contribution in [0, 0.1) is 0 Å². The van der Waals surface area contributed by atoms with Crippen molar-refractivity contribution in [1.82, 2.24) is 0 Å². The Balaban J connectivity index is 2.69. The highest BCUT2D eigenvalue weighted by Crippen LogP contribution is 2.15. The van der Waals surface area contributed by atoms with E-state index in [4.69, 9.17) is 0 Å². The lowest BCUT2D eigenvalue weighted by Gasteiger charge is -1.98. The molecule has 0 heterocycles. The highest BCUT2D eigenvalue weighted by atomic mass is 16.3. The standard InChI is InChI=1S/C10H11NO/c1-2-7-11-8-9-5-3-4-6-10(9)12/h2-7,12H,1,8H2. The van der Waals surface area contributed by atoms with Gasteiger partial charge in [0.05, 0.1) is 6.54 Å². The first-order valence-corrected chi connectivity index (χ1v) is 3.72. The van der Waals surface area contributed by atoms with Gasteiger partial charge in [-0.1, -0.05) is 30.9 Å². The lowest BCUT2D eigenvalue weighted by molar-refractivity contribution is 0.468. The van der Waals surface area contributed by atoms with Crippen LogP contribution in [0.25, 0.3) is 0 Å². The topological polar surface area (TPSA) is 32.6 Å². The van der Waals surface area contributed by atoms with Gasteiger partial charge in [0.25, 0.3) is 0 Å². The van der Waals surface area contributed by atoms with Crippen molar-refractivity contribution in [3.05, 3.63) is 42.5 Å². The van der Waals surface area contributed by atoms with Crippen LogP contribution in [-0.4, -0.2) is 11.3 Å². The zero-order valence-electron chi connectivity index (χ0n) is 6.77. The number of benzene rings is 1. The molecule has 0 aromatic heterocycles. The van der Waals surface area contributed by atoms with Gasteiger partial charge in [0.1, 0.15) is 5.75 Å². The second-order valence-electron chi connectivity index (χ2n) is 2.35. The van der Waals surface area contributed by atoms with Crippen molar-refractivity contribution < 1.29 is 5.11 Å². The molecule has 0 spiro atoms. The van der Waals surface area contributed by atoms with Crippen LogP contribution in [0.2, 0.25) is 0 Å². The maximum atomic E-state index is 9.31. The van der Waals surface area contributed by atoms with Gasteiger partial charge in [-0.15, -0.1) is 0 Å². The molecule has 1 aromatic carbocycles. The Morgan fingerprint density at radius 2 is 2.17 bits per heavy atom. The first-order chi connectivity index (χ1) is 5.84. The molecule has 0 bridgehead atoms. The second-order valence-corrected chi connectivity index (χ2v) is 2.35. The van der Waals surface area contributed by atoms with Gasteiger partial charge in [-0.3, -0.25) is 4.99 Å².